The molecule has 10 nitrogen and oxygen atoms in total. The zero-order valence-corrected chi connectivity index (χ0v) is 19.2. The average molecular weight is 463 g/mol. The zero-order chi connectivity index (χ0) is 24.8. The predicted molar refractivity (Wildman–Crippen MR) is 128 cm³/mol. The Morgan fingerprint density at radius 3 is 2.35 bits per heavy atom. The molecule has 0 saturated heterocycles. The van der Waals surface area contributed by atoms with Gasteiger partial charge in [0.05, 0.1) is 28.3 Å². The third-order valence-electron chi connectivity index (χ3n) is 5.12. The van der Waals surface area contributed by atoms with Crippen molar-refractivity contribution in [1.29, 1.82) is 0 Å². The number of nitrogens with one attached hydrogen (secondary N) is 2. The summed E-state index contributed by atoms with van der Waals surface area (Å²) < 4.78 is 0. The lowest BCUT2D eigenvalue weighted by molar-refractivity contribution is -0.124. The highest BCUT2D eigenvalue weighted by Gasteiger charge is 2.23. The number of anilines is 1. The molecule has 3 aromatic rings. The van der Waals surface area contributed by atoms with E-state index in [-0.39, 0.29) is 41.8 Å². The molecule has 1 unspecified atom stereocenters. The van der Waals surface area contributed by atoms with Crippen molar-refractivity contribution in [1.82, 2.24) is 15.3 Å². The largest absolute Gasteiger partial charge is 0.369 e. The SMILES string of the molecule is CC(=O)CCC(NC(=O)c1ccc(N=Nc2ccc3nc(N)[nH]c(=O)c3c2)cc1)C(=O)C(C)C. The molecule has 0 bridgehead atoms. The van der Waals surface area contributed by atoms with Crippen LogP contribution in [0.25, 0.3) is 10.9 Å². The number of amides is 1. The Kier molecular flexibility index (Phi) is 7.62. The molecule has 0 aliphatic carbocycles. The van der Waals surface area contributed by atoms with Gasteiger partial charge >= 0.3 is 0 Å². The fraction of sp³-hybridized carbons (Fsp3) is 0.292. The van der Waals surface area contributed by atoms with Crippen molar-refractivity contribution in [3.8, 4) is 0 Å². The Morgan fingerprint density at radius 1 is 1.06 bits per heavy atom. The van der Waals surface area contributed by atoms with Crippen molar-refractivity contribution in [3.63, 3.8) is 0 Å². The summed E-state index contributed by atoms with van der Waals surface area (Å²) in [6.07, 6.45) is 0.480. The highest BCUT2D eigenvalue weighted by atomic mass is 16.2. The van der Waals surface area contributed by atoms with Gasteiger partial charge in [-0.1, -0.05) is 13.8 Å². The number of carbonyl (C=O) groups excluding carboxylic acids is 3. The summed E-state index contributed by atoms with van der Waals surface area (Å²) >= 11 is 0. The van der Waals surface area contributed by atoms with E-state index in [1.54, 1.807) is 56.3 Å². The highest BCUT2D eigenvalue weighted by molar-refractivity contribution is 5.98. The van der Waals surface area contributed by atoms with Crippen LogP contribution in [0.3, 0.4) is 0 Å². The number of nitrogens with zero attached hydrogens (tertiary/aromatic N) is 3. The lowest BCUT2D eigenvalue weighted by Gasteiger charge is -2.19. The van der Waals surface area contributed by atoms with Gasteiger partial charge in [-0.3, -0.25) is 19.4 Å². The van der Waals surface area contributed by atoms with E-state index >= 15 is 0 Å². The molecule has 0 aliphatic rings. The first-order valence-corrected chi connectivity index (χ1v) is 10.8. The van der Waals surface area contributed by atoms with Crippen LogP contribution in [-0.4, -0.2) is 33.5 Å². The van der Waals surface area contributed by atoms with Gasteiger partial charge < -0.3 is 15.8 Å². The summed E-state index contributed by atoms with van der Waals surface area (Å²) in [7, 11) is 0. The number of hydrogen-bond acceptors (Lipinski definition) is 8. The summed E-state index contributed by atoms with van der Waals surface area (Å²) in [5, 5.41) is 11.3. The number of rotatable bonds is 9. The van der Waals surface area contributed by atoms with Gasteiger partial charge in [0, 0.05) is 17.9 Å². The van der Waals surface area contributed by atoms with E-state index in [0.717, 1.165) is 0 Å². The minimum atomic E-state index is -0.725. The number of Topliss-reactive ketones (excluding diaryl/α,β-unsaturated/α-hetero) is 2. The van der Waals surface area contributed by atoms with Gasteiger partial charge in [-0.05, 0) is 55.8 Å². The molecular weight excluding hydrogens is 436 g/mol. The van der Waals surface area contributed by atoms with Gasteiger partial charge in [0.2, 0.25) is 5.95 Å². The topological polar surface area (TPSA) is 160 Å². The van der Waals surface area contributed by atoms with Crippen LogP contribution >= 0.6 is 0 Å². The molecule has 2 aromatic carbocycles. The van der Waals surface area contributed by atoms with E-state index in [1.165, 1.54) is 6.92 Å². The summed E-state index contributed by atoms with van der Waals surface area (Å²) in [6, 6.07) is 10.5. The fourth-order valence-corrected chi connectivity index (χ4v) is 3.28. The highest BCUT2D eigenvalue weighted by Crippen LogP contribution is 2.21. The van der Waals surface area contributed by atoms with Crippen LogP contribution in [0.4, 0.5) is 17.3 Å². The van der Waals surface area contributed by atoms with E-state index in [1.807, 2.05) is 0 Å². The third kappa shape index (κ3) is 6.18. The molecule has 10 heteroatoms. The van der Waals surface area contributed by atoms with Gasteiger partial charge in [0.25, 0.3) is 11.5 Å². The van der Waals surface area contributed by atoms with Crippen LogP contribution in [0.5, 0.6) is 0 Å². The monoisotopic (exact) mass is 462 g/mol. The Bertz CT molecular complexity index is 1310. The van der Waals surface area contributed by atoms with Gasteiger partial charge in [0.1, 0.15) is 5.78 Å². The van der Waals surface area contributed by atoms with E-state index in [4.69, 9.17) is 5.73 Å². The van der Waals surface area contributed by atoms with Crippen LogP contribution in [0, 0.1) is 5.92 Å². The molecule has 0 saturated carbocycles. The summed E-state index contributed by atoms with van der Waals surface area (Å²) in [5.41, 5.74) is 6.92. The summed E-state index contributed by atoms with van der Waals surface area (Å²) in [6.45, 7) is 4.97. The van der Waals surface area contributed by atoms with E-state index in [9.17, 15) is 19.2 Å². The minimum absolute atomic E-state index is 0.0368. The molecular formula is C24H26N6O4. The molecule has 176 valence electrons. The second-order valence-electron chi connectivity index (χ2n) is 8.22. The maximum atomic E-state index is 12.6. The number of aromatic nitrogens is 2. The van der Waals surface area contributed by atoms with Gasteiger partial charge in [-0.2, -0.15) is 10.2 Å². The molecule has 34 heavy (non-hydrogen) atoms. The third-order valence-corrected chi connectivity index (χ3v) is 5.12. The summed E-state index contributed by atoms with van der Waals surface area (Å²) in [5.74, 6) is -0.797. The molecule has 0 radical (unpaired) electrons. The van der Waals surface area contributed by atoms with Gasteiger partial charge in [0.15, 0.2) is 5.78 Å². The number of ketones is 2. The lowest BCUT2D eigenvalue weighted by atomic mass is 9.96. The second kappa shape index (κ2) is 10.6. The Hall–Kier alpha value is -4.21. The average Bonchev–Trinajstić information content (AvgIpc) is 2.80. The molecule has 1 heterocycles. The number of aromatic amines is 1. The first-order valence-electron chi connectivity index (χ1n) is 10.8. The van der Waals surface area contributed by atoms with Crippen molar-refractivity contribution in [3.05, 3.63) is 58.4 Å². The molecule has 1 aromatic heterocycles. The van der Waals surface area contributed by atoms with E-state index in [0.29, 0.717) is 27.8 Å². The van der Waals surface area contributed by atoms with Crippen LogP contribution in [0.15, 0.2) is 57.5 Å². The van der Waals surface area contributed by atoms with Crippen LogP contribution < -0.4 is 16.6 Å². The predicted octanol–water partition coefficient (Wildman–Crippen LogP) is 3.61. The van der Waals surface area contributed by atoms with Crippen molar-refractivity contribution in [2.45, 2.75) is 39.7 Å². The number of H-pyrrole nitrogens is 1. The van der Waals surface area contributed by atoms with Crippen LogP contribution in [0.2, 0.25) is 0 Å². The van der Waals surface area contributed by atoms with Gasteiger partial charge in [-0.15, -0.1) is 0 Å². The Balaban J connectivity index is 1.71. The number of benzene rings is 2. The number of nitrogens with two attached hydrogens (primary N) is 1. The number of carbonyl (C=O) groups is 3. The molecule has 4 N–H and O–H groups in total. The molecule has 1 atom stereocenters. The number of nitrogen functional groups attached to an aromatic ring is 1. The first-order chi connectivity index (χ1) is 16.1. The number of hydrogen-bond donors (Lipinski definition) is 3. The minimum Gasteiger partial charge on any atom is -0.369 e. The van der Waals surface area contributed by atoms with Crippen molar-refractivity contribution < 1.29 is 14.4 Å². The maximum Gasteiger partial charge on any atom is 0.260 e. The van der Waals surface area contributed by atoms with Crippen LogP contribution in [0.1, 0.15) is 44.0 Å². The number of fused-ring (bicyclic) bond motifs is 1. The molecule has 3 rings (SSSR count). The molecule has 0 spiro atoms. The normalized spacial score (nSPS) is 12.2. The van der Waals surface area contributed by atoms with E-state index < -0.39 is 11.9 Å². The fourth-order valence-electron chi connectivity index (χ4n) is 3.28. The van der Waals surface area contributed by atoms with Gasteiger partial charge in [-0.25, -0.2) is 4.98 Å². The quantitative estimate of drug-likeness (QED) is 0.412. The second-order valence-corrected chi connectivity index (χ2v) is 8.22. The zero-order valence-electron chi connectivity index (χ0n) is 19.2. The molecule has 1 amide bonds. The molecule has 0 aliphatic heterocycles. The Labute approximate surface area is 195 Å². The van der Waals surface area contributed by atoms with E-state index in [2.05, 4.69) is 25.5 Å². The number of azo groups is 1. The standard InChI is InChI=1S/C24H26N6O4/c1-13(2)21(32)20(10-4-14(3)31)26-22(33)15-5-7-16(8-6-15)29-30-17-9-11-19-18(12-17)23(34)28-24(25)27-19/h5-9,11-13,20H,4,10H2,1-3H3,(H,26,33)(H3,25,27,28,34). The first kappa shape index (κ1) is 24.4. The smallest absolute Gasteiger partial charge is 0.260 e. The Morgan fingerprint density at radius 2 is 1.71 bits per heavy atom. The molecule has 0 fully saturated rings. The van der Waals surface area contributed by atoms with Crippen molar-refractivity contribution >= 4 is 45.7 Å². The summed E-state index contributed by atoms with van der Waals surface area (Å²) in [4.78, 5) is 54.9. The van der Waals surface area contributed by atoms with Crippen molar-refractivity contribution in [2.75, 3.05) is 5.73 Å². The van der Waals surface area contributed by atoms with Crippen molar-refractivity contribution in [2.24, 2.45) is 16.1 Å². The lowest BCUT2D eigenvalue weighted by Crippen LogP contribution is -2.43. The van der Waals surface area contributed by atoms with Crippen LogP contribution in [-0.2, 0) is 9.59 Å². The maximum absolute atomic E-state index is 12.6.